The average molecular weight is 675 g/mol. The molecule has 0 bridgehead atoms. The smallest absolute Gasteiger partial charge is 0.104 e. The maximum Gasteiger partial charge on any atom is 0.104 e. The Morgan fingerprint density at radius 3 is 1.19 bits per heavy atom. The first-order valence-electron chi connectivity index (χ1n) is 21.3. The Bertz CT molecular complexity index is 711. The monoisotopic (exact) mass is 675 g/mol. The molecular weight excluding hydrogens is 592 g/mol. The van der Waals surface area contributed by atoms with Gasteiger partial charge in [0, 0.05) is 13.2 Å². The van der Waals surface area contributed by atoms with Crippen molar-refractivity contribution in [1.29, 1.82) is 0 Å². The summed E-state index contributed by atoms with van der Waals surface area (Å²) in [4.78, 5) is 0. The highest BCUT2D eigenvalue weighted by Crippen LogP contribution is 2.14. The molecule has 0 aliphatic carbocycles. The van der Waals surface area contributed by atoms with Crippen LogP contribution >= 0.6 is 0 Å². The van der Waals surface area contributed by atoms with Gasteiger partial charge in [-0.05, 0) is 18.4 Å². The standard InChI is InChI=1S/C44H82O4/c1-3-5-7-9-11-13-15-17-19-21-23-25-27-32-36-45-38-39-48-44(42-47-40-43-34-30-29-31-35-43)41-46-37-33-28-26-24-22-20-18-16-14-12-10-8-6-4-2/h29-31,34-35,44H,3-28,32-33,36-42H2,1-2H3. The van der Waals surface area contributed by atoms with Gasteiger partial charge < -0.3 is 18.9 Å². The molecule has 0 radical (unpaired) electrons. The van der Waals surface area contributed by atoms with Crippen molar-refractivity contribution in [1.82, 2.24) is 0 Å². The lowest BCUT2D eigenvalue weighted by molar-refractivity contribution is -0.0763. The Morgan fingerprint density at radius 2 is 0.750 bits per heavy atom. The van der Waals surface area contributed by atoms with E-state index in [1.54, 1.807) is 0 Å². The molecule has 0 fully saturated rings. The quantitative estimate of drug-likeness (QED) is 0.0649. The predicted molar refractivity (Wildman–Crippen MR) is 208 cm³/mol. The van der Waals surface area contributed by atoms with Gasteiger partial charge in [-0.25, -0.2) is 0 Å². The fourth-order valence-corrected chi connectivity index (χ4v) is 6.41. The van der Waals surface area contributed by atoms with Gasteiger partial charge in [-0.3, -0.25) is 0 Å². The number of rotatable bonds is 40. The van der Waals surface area contributed by atoms with Gasteiger partial charge in [-0.1, -0.05) is 211 Å². The summed E-state index contributed by atoms with van der Waals surface area (Å²) in [5, 5.41) is 0. The number of unbranched alkanes of at least 4 members (excludes halogenated alkanes) is 26. The van der Waals surface area contributed by atoms with E-state index in [2.05, 4.69) is 38.1 Å². The minimum absolute atomic E-state index is 0.0509. The Balaban J connectivity index is 2.00. The van der Waals surface area contributed by atoms with Crippen LogP contribution in [0.5, 0.6) is 0 Å². The summed E-state index contributed by atoms with van der Waals surface area (Å²) < 4.78 is 24.1. The summed E-state index contributed by atoms with van der Waals surface area (Å²) in [7, 11) is 0. The summed E-state index contributed by atoms with van der Waals surface area (Å²) in [6.45, 7) is 9.23. The predicted octanol–water partition coefficient (Wildman–Crippen LogP) is 13.6. The van der Waals surface area contributed by atoms with E-state index in [1.807, 2.05) is 6.07 Å². The number of hydrogen-bond donors (Lipinski definition) is 0. The molecule has 0 spiro atoms. The van der Waals surface area contributed by atoms with Crippen molar-refractivity contribution in [3.8, 4) is 0 Å². The van der Waals surface area contributed by atoms with Gasteiger partial charge in [-0.2, -0.15) is 0 Å². The molecule has 0 saturated heterocycles. The molecule has 48 heavy (non-hydrogen) atoms. The fourth-order valence-electron chi connectivity index (χ4n) is 6.41. The van der Waals surface area contributed by atoms with E-state index in [4.69, 9.17) is 18.9 Å². The van der Waals surface area contributed by atoms with Gasteiger partial charge in [0.15, 0.2) is 0 Å². The van der Waals surface area contributed by atoms with E-state index in [-0.39, 0.29) is 6.10 Å². The second-order valence-electron chi connectivity index (χ2n) is 14.4. The van der Waals surface area contributed by atoms with Crippen LogP contribution in [0, 0.1) is 0 Å². The maximum atomic E-state index is 6.15. The van der Waals surface area contributed by atoms with Gasteiger partial charge in [0.1, 0.15) is 6.10 Å². The SMILES string of the molecule is CCCCCCCCCCCCCCCCOCCOC(COCCCCCCCCCCCCCCCC)COCc1ccccc1. The second-order valence-corrected chi connectivity index (χ2v) is 14.4. The Hall–Kier alpha value is -0.940. The largest absolute Gasteiger partial charge is 0.379 e. The van der Waals surface area contributed by atoms with E-state index >= 15 is 0 Å². The van der Waals surface area contributed by atoms with Crippen LogP contribution in [0.1, 0.15) is 199 Å². The first-order chi connectivity index (χ1) is 23.9. The minimum Gasteiger partial charge on any atom is -0.379 e. The van der Waals surface area contributed by atoms with Crippen LogP contribution in [0.3, 0.4) is 0 Å². The zero-order valence-corrected chi connectivity index (χ0v) is 32.3. The molecule has 0 aliphatic rings. The number of benzene rings is 1. The highest BCUT2D eigenvalue weighted by molar-refractivity contribution is 5.13. The van der Waals surface area contributed by atoms with E-state index in [0.717, 1.165) is 26.1 Å². The van der Waals surface area contributed by atoms with E-state index in [1.165, 1.54) is 173 Å². The Kier molecular flexibility index (Phi) is 36.5. The lowest BCUT2D eigenvalue weighted by atomic mass is 10.0. The van der Waals surface area contributed by atoms with Crippen LogP contribution in [0.2, 0.25) is 0 Å². The molecule has 0 amide bonds. The molecule has 4 heteroatoms. The Labute approximate surface area is 300 Å². The van der Waals surface area contributed by atoms with Crippen molar-refractivity contribution in [2.24, 2.45) is 0 Å². The molecule has 1 atom stereocenters. The average Bonchev–Trinajstić information content (AvgIpc) is 3.11. The molecule has 1 unspecified atom stereocenters. The van der Waals surface area contributed by atoms with Crippen LogP contribution < -0.4 is 0 Å². The van der Waals surface area contributed by atoms with Crippen molar-refractivity contribution in [2.75, 3.05) is 39.6 Å². The third-order valence-electron chi connectivity index (χ3n) is 9.58. The lowest BCUT2D eigenvalue weighted by Crippen LogP contribution is -2.27. The molecule has 0 aliphatic heterocycles. The highest BCUT2D eigenvalue weighted by atomic mass is 16.6. The summed E-state index contributed by atoms with van der Waals surface area (Å²) in [6, 6.07) is 10.4. The van der Waals surface area contributed by atoms with E-state index < -0.39 is 0 Å². The van der Waals surface area contributed by atoms with Gasteiger partial charge in [0.05, 0.1) is 33.0 Å². The molecule has 0 aromatic heterocycles. The van der Waals surface area contributed by atoms with Crippen molar-refractivity contribution in [2.45, 2.75) is 206 Å². The normalized spacial score (nSPS) is 12.2. The Morgan fingerprint density at radius 1 is 0.375 bits per heavy atom. The molecule has 1 aromatic rings. The van der Waals surface area contributed by atoms with Crippen LogP contribution in [0.15, 0.2) is 30.3 Å². The number of ether oxygens (including phenoxy) is 4. The van der Waals surface area contributed by atoms with Crippen molar-refractivity contribution in [3.05, 3.63) is 35.9 Å². The molecule has 1 aromatic carbocycles. The molecule has 0 saturated carbocycles. The summed E-state index contributed by atoms with van der Waals surface area (Å²) >= 11 is 0. The molecular formula is C44H82O4. The first kappa shape index (κ1) is 45.1. The van der Waals surface area contributed by atoms with Gasteiger partial charge in [0.2, 0.25) is 0 Å². The summed E-state index contributed by atoms with van der Waals surface area (Å²) in [5.74, 6) is 0. The molecule has 0 heterocycles. The first-order valence-corrected chi connectivity index (χ1v) is 21.3. The van der Waals surface area contributed by atoms with Crippen LogP contribution in [0.4, 0.5) is 0 Å². The van der Waals surface area contributed by atoms with Crippen molar-refractivity contribution < 1.29 is 18.9 Å². The van der Waals surface area contributed by atoms with Crippen LogP contribution in [-0.4, -0.2) is 45.7 Å². The topological polar surface area (TPSA) is 36.9 Å². The minimum atomic E-state index is -0.0509. The van der Waals surface area contributed by atoms with Gasteiger partial charge in [0.25, 0.3) is 0 Å². The van der Waals surface area contributed by atoms with Gasteiger partial charge >= 0.3 is 0 Å². The number of hydrogen-bond acceptors (Lipinski definition) is 4. The molecule has 0 N–H and O–H groups in total. The van der Waals surface area contributed by atoms with E-state index in [0.29, 0.717) is 33.0 Å². The van der Waals surface area contributed by atoms with Crippen LogP contribution in [-0.2, 0) is 25.6 Å². The third-order valence-corrected chi connectivity index (χ3v) is 9.58. The molecule has 4 nitrogen and oxygen atoms in total. The molecule has 1 rings (SSSR count). The molecule has 282 valence electrons. The van der Waals surface area contributed by atoms with E-state index in [9.17, 15) is 0 Å². The second kappa shape index (κ2) is 38.9. The summed E-state index contributed by atoms with van der Waals surface area (Å²) in [5.41, 5.74) is 1.19. The zero-order valence-electron chi connectivity index (χ0n) is 32.3. The lowest BCUT2D eigenvalue weighted by Gasteiger charge is -2.18. The zero-order chi connectivity index (χ0) is 34.3. The summed E-state index contributed by atoms with van der Waals surface area (Å²) in [6.07, 6.45) is 38.6. The van der Waals surface area contributed by atoms with Crippen LogP contribution in [0.25, 0.3) is 0 Å². The highest BCUT2D eigenvalue weighted by Gasteiger charge is 2.11. The van der Waals surface area contributed by atoms with Crippen molar-refractivity contribution >= 4 is 0 Å². The van der Waals surface area contributed by atoms with Gasteiger partial charge in [-0.15, -0.1) is 0 Å². The fraction of sp³-hybridized carbons (Fsp3) is 0.864. The van der Waals surface area contributed by atoms with Crippen molar-refractivity contribution in [3.63, 3.8) is 0 Å². The maximum absolute atomic E-state index is 6.15. The third kappa shape index (κ3) is 33.6.